The van der Waals surface area contributed by atoms with Crippen LogP contribution in [-0.4, -0.2) is 34.2 Å². The van der Waals surface area contributed by atoms with Gasteiger partial charge in [-0.2, -0.15) is 0 Å². The Balaban J connectivity index is 1.37. The highest BCUT2D eigenvalue weighted by Gasteiger charge is 2.23. The van der Waals surface area contributed by atoms with Crippen LogP contribution in [0, 0.1) is 5.82 Å². The summed E-state index contributed by atoms with van der Waals surface area (Å²) >= 11 is 0. The third-order valence-electron chi connectivity index (χ3n) is 5.18. The Morgan fingerprint density at radius 3 is 2.31 bits per heavy atom. The molecule has 10 heteroatoms. The number of carbonyl (C=O) groups excluding carboxylic acids is 2. The number of nitrogens with zero attached hydrogens (tertiary/aromatic N) is 1. The van der Waals surface area contributed by atoms with Crippen LogP contribution in [0.2, 0.25) is 0 Å². The summed E-state index contributed by atoms with van der Waals surface area (Å²) in [5.41, 5.74) is 2.20. The van der Waals surface area contributed by atoms with Crippen LogP contribution in [0.3, 0.4) is 0 Å². The first kappa shape index (κ1) is 24.1. The molecule has 182 valence electrons. The number of carboxylic acid groups (broad SMARTS) is 1. The van der Waals surface area contributed by atoms with Crippen molar-refractivity contribution in [2.45, 2.75) is 12.5 Å². The average molecular weight is 488 g/mol. The van der Waals surface area contributed by atoms with Crippen molar-refractivity contribution in [2.75, 3.05) is 10.6 Å². The van der Waals surface area contributed by atoms with Crippen molar-refractivity contribution < 1.29 is 28.4 Å². The molecular weight excluding hydrogens is 467 g/mol. The van der Waals surface area contributed by atoms with Gasteiger partial charge in [0.25, 0.3) is 5.91 Å². The largest absolute Gasteiger partial charge is 0.480 e. The summed E-state index contributed by atoms with van der Waals surface area (Å²) in [4.78, 5) is 36.3. The van der Waals surface area contributed by atoms with Crippen molar-refractivity contribution in [1.82, 2.24) is 10.5 Å². The molecule has 0 aliphatic carbocycles. The summed E-state index contributed by atoms with van der Waals surface area (Å²) in [6.07, 6.45) is 0.113. The standard InChI is InChI=1S/C26H21FN4O5/c27-19-8-4-5-9-20(19)30-26(35)28-18-12-10-17(11-13-18)21-15-23(36-31-21)24(32)29-22(25(33)34)14-16-6-2-1-3-7-16/h1-13,15,22H,14H2,(H,29,32)(H,33,34)(H2,28,30,35). The van der Waals surface area contributed by atoms with Gasteiger partial charge in [0.1, 0.15) is 17.6 Å². The molecule has 3 aromatic carbocycles. The molecule has 0 saturated heterocycles. The van der Waals surface area contributed by atoms with E-state index in [1.807, 2.05) is 6.07 Å². The van der Waals surface area contributed by atoms with Crippen molar-refractivity contribution in [2.24, 2.45) is 0 Å². The minimum Gasteiger partial charge on any atom is -0.480 e. The Bertz CT molecular complexity index is 1370. The van der Waals surface area contributed by atoms with Gasteiger partial charge in [-0.15, -0.1) is 0 Å². The molecule has 36 heavy (non-hydrogen) atoms. The third-order valence-corrected chi connectivity index (χ3v) is 5.18. The first-order valence-corrected chi connectivity index (χ1v) is 10.9. The van der Waals surface area contributed by atoms with Crippen molar-refractivity contribution in [1.29, 1.82) is 0 Å². The predicted molar refractivity (Wildman–Crippen MR) is 130 cm³/mol. The van der Waals surface area contributed by atoms with Crippen LogP contribution in [0.1, 0.15) is 16.1 Å². The second-order valence-electron chi connectivity index (χ2n) is 7.77. The van der Waals surface area contributed by atoms with E-state index >= 15 is 0 Å². The Morgan fingerprint density at radius 2 is 1.61 bits per heavy atom. The number of aliphatic carboxylic acids is 1. The lowest BCUT2D eigenvalue weighted by molar-refractivity contribution is -0.139. The maximum atomic E-state index is 13.7. The molecule has 0 bridgehead atoms. The first-order chi connectivity index (χ1) is 17.4. The number of halogens is 1. The van der Waals surface area contributed by atoms with Crippen LogP contribution in [0.5, 0.6) is 0 Å². The number of hydrogen-bond acceptors (Lipinski definition) is 5. The van der Waals surface area contributed by atoms with Crippen LogP contribution in [0.25, 0.3) is 11.3 Å². The summed E-state index contributed by atoms with van der Waals surface area (Å²) in [5.74, 6) is -2.58. The molecule has 1 heterocycles. The second-order valence-corrected chi connectivity index (χ2v) is 7.77. The van der Waals surface area contributed by atoms with Gasteiger partial charge in [-0.1, -0.05) is 59.8 Å². The van der Waals surface area contributed by atoms with Crippen LogP contribution >= 0.6 is 0 Å². The van der Waals surface area contributed by atoms with Gasteiger partial charge in [-0.05, 0) is 29.8 Å². The summed E-state index contributed by atoms with van der Waals surface area (Å²) in [6, 6.07) is 20.9. The number of hydrogen-bond donors (Lipinski definition) is 4. The quantitative estimate of drug-likeness (QED) is 0.288. The molecule has 0 fully saturated rings. The molecule has 0 radical (unpaired) electrons. The monoisotopic (exact) mass is 488 g/mol. The molecule has 4 N–H and O–H groups in total. The minimum atomic E-state index is -1.17. The van der Waals surface area contributed by atoms with E-state index in [4.69, 9.17) is 4.52 Å². The van der Waals surface area contributed by atoms with Gasteiger partial charge < -0.3 is 25.6 Å². The Kier molecular flexibility index (Phi) is 7.35. The summed E-state index contributed by atoms with van der Waals surface area (Å²) in [5, 5.41) is 20.8. The van der Waals surface area contributed by atoms with Gasteiger partial charge in [0.05, 0.1) is 5.69 Å². The van der Waals surface area contributed by atoms with Gasteiger partial charge in [-0.25, -0.2) is 14.0 Å². The fourth-order valence-corrected chi connectivity index (χ4v) is 3.37. The van der Waals surface area contributed by atoms with Crippen LogP contribution in [-0.2, 0) is 11.2 Å². The minimum absolute atomic E-state index is 0.0499. The fourth-order valence-electron chi connectivity index (χ4n) is 3.37. The zero-order chi connectivity index (χ0) is 25.5. The number of carboxylic acids is 1. The lowest BCUT2D eigenvalue weighted by Gasteiger charge is -2.13. The lowest BCUT2D eigenvalue weighted by Crippen LogP contribution is -2.42. The molecule has 4 rings (SSSR count). The van der Waals surface area contributed by atoms with Gasteiger partial charge in [0, 0.05) is 23.7 Å². The van der Waals surface area contributed by atoms with Gasteiger partial charge in [0.2, 0.25) is 5.76 Å². The number of nitrogens with one attached hydrogen (secondary N) is 3. The van der Waals surface area contributed by atoms with Crippen LogP contribution in [0.15, 0.2) is 89.5 Å². The number of rotatable bonds is 8. The number of amides is 3. The van der Waals surface area contributed by atoms with E-state index in [1.165, 1.54) is 24.3 Å². The van der Waals surface area contributed by atoms with E-state index in [-0.39, 0.29) is 17.9 Å². The number of carbonyl (C=O) groups is 3. The zero-order valence-corrected chi connectivity index (χ0v) is 18.8. The SMILES string of the molecule is O=C(Nc1ccc(-c2cc(C(=O)NC(Cc3ccccc3)C(=O)O)on2)cc1)Nc1ccccc1F. The van der Waals surface area contributed by atoms with Crippen molar-refractivity contribution in [3.8, 4) is 11.3 Å². The van der Waals surface area contributed by atoms with E-state index < -0.39 is 29.8 Å². The Labute approximate surface area is 204 Å². The third kappa shape index (κ3) is 6.11. The van der Waals surface area contributed by atoms with Gasteiger partial charge >= 0.3 is 12.0 Å². The number of aromatic nitrogens is 1. The first-order valence-electron chi connectivity index (χ1n) is 10.9. The molecule has 1 aromatic heterocycles. The Morgan fingerprint density at radius 1 is 0.917 bits per heavy atom. The van der Waals surface area contributed by atoms with E-state index in [9.17, 15) is 23.9 Å². The normalized spacial score (nSPS) is 11.4. The second kappa shape index (κ2) is 11.0. The van der Waals surface area contributed by atoms with Crippen LogP contribution < -0.4 is 16.0 Å². The van der Waals surface area contributed by atoms with E-state index in [1.54, 1.807) is 54.6 Å². The van der Waals surface area contributed by atoms with E-state index in [0.29, 0.717) is 16.9 Å². The Hall–Kier alpha value is -4.99. The van der Waals surface area contributed by atoms with Crippen molar-refractivity contribution >= 4 is 29.3 Å². The molecule has 0 spiro atoms. The summed E-state index contributed by atoms with van der Waals surface area (Å²) in [6.45, 7) is 0. The number of benzene rings is 3. The molecule has 1 atom stereocenters. The molecule has 4 aromatic rings. The van der Waals surface area contributed by atoms with E-state index in [2.05, 4.69) is 21.1 Å². The molecule has 0 aliphatic rings. The predicted octanol–water partition coefficient (Wildman–Crippen LogP) is 4.55. The number of anilines is 2. The molecular formula is C26H21FN4O5. The van der Waals surface area contributed by atoms with Crippen LogP contribution in [0.4, 0.5) is 20.6 Å². The maximum Gasteiger partial charge on any atom is 0.326 e. The average Bonchev–Trinajstić information content (AvgIpc) is 3.37. The van der Waals surface area contributed by atoms with Gasteiger partial charge in [0.15, 0.2) is 0 Å². The highest BCUT2D eigenvalue weighted by molar-refractivity contribution is 6.00. The highest BCUT2D eigenvalue weighted by atomic mass is 19.1. The van der Waals surface area contributed by atoms with Crippen molar-refractivity contribution in [3.63, 3.8) is 0 Å². The summed E-state index contributed by atoms with van der Waals surface area (Å²) < 4.78 is 18.8. The number of urea groups is 1. The lowest BCUT2D eigenvalue weighted by atomic mass is 10.1. The maximum absolute atomic E-state index is 13.7. The molecule has 9 nitrogen and oxygen atoms in total. The van der Waals surface area contributed by atoms with E-state index in [0.717, 1.165) is 5.56 Å². The number of para-hydroxylation sites is 1. The van der Waals surface area contributed by atoms with Crippen molar-refractivity contribution in [3.05, 3.63) is 102 Å². The van der Waals surface area contributed by atoms with Gasteiger partial charge in [-0.3, -0.25) is 4.79 Å². The molecule has 0 aliphatic heterocycles. The topological polar surface area (TPSA) is 134 Å². The molecule has 1 unspecified atom stereocenters. The zero-order valence-electron chi connectivity index (χ0n) is 18.8. The molecule has 0 saturated carbocycles. The summed E-state index contributed by atoms with van der Waals surface area (Å²) in [7, 11) is 0. The smallest absolute Gasteiger partial charge is 0.326 e. The fraction of sp³-hybridized carbons (Fsp3) is 0.0769. The highest BCUT2D eigenvalue weighted by Crippen LogP contribution is 2.22. The molecule has 3 amide bonds.